The molecule has 18 heavy (non-hydrogen) atoms. The topological polar surface area (TPSA) is 66.1 Å². The number of rotatable bonds is 5. The Labute approximate surface area is 113 Å². The van der Waals surface area contributed by atoms with Crippen molar-refractivity contribution < 1.29 is 8.42 Å². The first-order chi connectivity index (χ1) is 8.63. The van der Waals surface area contributed by atoms with Gasteiger partial charge in [0, 0.05) is 36.8 Å². The highest BCUT2D eigenvalue weighted by Gasteiger charge is 2.29. The summed E-state index contributed by atoms with van der Waals surface area (Å²) in [4.78, 5) is 0. The molecule has 2 rings (SSSR count). The highest BCUT2D eigenvalue weighted by Crippen LogP contribution is 2.27. The smallest absolute Gasteiger partial charge is 0.214 e. The SMILES string of the molecule is O=S(=O)(CCCCl)N1CCCC(c2ccn[nH]2)C1. The maximum atomic E-state index is 12.1. The van der Waals surface area contributed by atoms with Crippen LogP contribution in [-0.4, -0.2) is 47.6 Å². The van der Waals surface area contributed by atoms with Gasteiger partial charge in [0.25, 0.3) is 0 Å². The monoisotopic (exact) mass is 291 g/mol. The van der Waals surface area contributed by atoms with E-state index in [2.05, 4.69) is 10.2 Å². The van der Waals surface area contributed by atoms with E-state index in [4.69, 9.17) is 11.6 Å². The number of hydrogen-bond acceptors (Lipinski definition) is 3. The van der Waals surface area contributed by atoms with Crippen LogP contribution in [0.25, 0.3) is 0 Å². The Kier molecular flexibility index (Phi) is 4.64. The number of sulfonamides is 1. The molecule has 1 unspecified atom stereocenters. The van der Waals surface area contributed by atoms with Crippen molar-refractivity contribution in [1.29, 1.82) is 0 Å². The van der Waals surface area contributed by atoms with Crippen LogP contribution in [0.15, 0.2) is 12.3 Å². The van der Waals surface area contributed by atoms with Gasteiger partial charge in [0.1, 0.15) is 0 Å². The molecular weight excluding hydrogens is 274 g/mol. The minimum absolute atomic E-state index is 0.145. The zero-order valence-corrected chi connectivity index (χ0v) is 11.8. The Morgan fingerprint density at radius 1 is 1.56 bits per heavy atom. The second kappa shape index (κ2) is 6.04. The first kappa shape index (κ1) is 13.8. The number of piperidine rings is 1. The molecule has 0 saturated carbocycles. The average molecular weight is 292 g/mol. The number of hydrogen-bond donors (Lipinski definition) is 1. The third-order valence-electron chi connectivity index (χ3n) is 3.28. The summed E-state index contributed by atoms with van der Waals surface area (Å²) in [6.45, 7) is 1.17. The molecule has 102 valence electrons. The Morgan fingerprint density at radius 3 is 3.06 bits per heavy atom. The fraction of sp³-hybridized carbons (Fsp3) is 0.727. The van der Waals surface area contributed by atoms with Crippen molar-refractivity contribution in [3.05, 3.63) is 18.0 Å². The molecule has 0 radical (unpaired) electrons. The van der Waals surface area contributed by atoms with Gasteiger partial charge >= 0.3 is 0 Å². The first-order valence-electron chi connectivity index (χ1n) is 6.16. The second-order valence-electron chi connectivity index (χ2n) is 4.57. The first-order valence-corrected chi connectivity index (χ1v) is 8.31. The van der Waals surface area contributed by atoms with Gasteiger partial charge in [0.15, 0.2) is 0 Å². The Morgan fingerprint density at radius 2 is 2.39 bits per heavy atom. The van der Waals surface area contributed by atoms with Crippen LogP contribution in [0.5, 0.6) is 0 Å². The number of alkyl halides is 1. The van der Waals surface area contributed by atoms with Crippen LogP contribution in [0, 0.1) is 0 Å². The summed E-state index contributed by atoms with van der Waals surface area (Å²) in [6, 6.07) is 1.92. The van der Waals surface area contributed by atoms with E-state index in [0.29, 0.717) is 25.4 Å². The van der Waals surface area contributed by atoms with Gasteiger partial charge in [-0.1, -0.05) is 0 Å². The maximum Gasteiger partial charge on any atom is 0.214 e. The number of nitrogens with zero attached hydrogens (tertiary/aromatic N) is 2. The highest BCUT2D eigenvalue weighted by molar-refractivity contribution is 7.89. The lowest BCUT2D eigenvalue weighted by molar-refractivity contribution is 0.312. The molecular formula is C11H18ClN3O2S. The largest absolute Gasteiger partial charge is 0.282 e. The molecule has 1 aromatic rings. The normalized spacial score (nSPS) is 22.2. The van der Waals surface area contributed by atoms with Crippen molar-refractivity contribution in [1.82, 2.24) is 14.5 Å². The van der Waals surface area contributed by atoms with E-state index in [1.807, 2.05) is 6.07 Å². The fourth-order valence-corrected chi connectivity index (χ4v) is 4.18. The number of aromatic amines is 1. The van der Waals surface area contributed by atoms with Crippen LogP contribution in [-0.2, 0) is 10.0 Å². The van der Waals surface area contributed by atoms with Crippen LogP contribution in [0.2, 0.25) is 0 Å². The van der Waals surface area contributed by atoms with Crippen molar-refractivity contribution >= 4 is 21.6 Å². The zero-order chi connectivity index (χ0) is 13.0. The van der Waals surface area contributed by atoms with E-state index in [1.54, 1.807) is 10.5 Å². The molecule has 0 bridgehead atoms. The van der Waals surface area contributed by atoms with Crippen LogP contribution in [0.1, 0.15) is 30.9 Å². The quantitative estimate of drug-likeness (QED) is 0.837. The van der Waals surface area contributed by atoms with E-state index in [1.165, 1.54) is 0 Å². The molecule has 1 N–H and O–H groups in total. The number of nitrogens with one attached hydrogen (secondary N) is 1. The van der Waals surface area contributed by atoms with Gasteiger partial charge < -0.3 is 0 Å². The lowest BCUT2D eigenvalue weighted by Crippen LogP contribution is -2.40. The molecule has 1 saturated heterocycles. The predicted octanol–water partition coefficient (Wildman–Crippen LogP) is 1.55. The van der Waals surface area contributed by atoms with E-state index in [-0.39, 0.29) is 11.7 Å². The summed E-state index contributed by atoms with van der Waals surface area (Å²) in [7, 11) is -3.15. The molecule has 1 aliphatic rings. The number of halogens is 1. The standard InChI is InChI=1S/C11H18ClN3O2S/c12-5-2-8-18(16,17)15-7-1-3-10(9-15)11-4-6-13-14-11/h4,6,10H,1-3,5,7-9H2,(H,13,14). The zero-order valence-electron chi connectivity index (χ0n) is 10.2. The summed E-state index contributed by atoms with van der Waals surface area (Å²) in [6.07, 6.45) is 4.11. The van der Waals surface area contributed by atoms with Gasteiger partial charge in [-0.05, 0) is 25.3 Å². The van der Waals surface area contributed by atoms with E-state index in [0.717, 1.165) is 18.5 Å². The molecule has 0 amide bonds. The molecule has 1 fully saturated rings. The predicted molar refractivity (Wildman–Crippen MR) is 71.3 cm³/mol. The Hall–Kier alpha value is -0.590. The van der Waals surface area contributed by atoms with Crippen LogP contribution in [0.3, 0.4) is 0 Å². The van der Waals surface area contributed by atoms with Gasteiger partial charge in [-0.15, -0.1) is 11.6 Å². The third-order valence-corrected chi connectivity index (χ3v) is 5.47. The van der Waals surface area contributed by atoms with Crippen molar-refractivity contribution in [2.45, 2.75) is 25.2 Å². The third kappa shape index (κ3) is 3.24. The molecule has 1 aliphatic heterocycles. The Balaban J connectivity index is 2.02. The molecule has 7 heteroatoms. The van der Waals surface area contributed by atoms with Crippen molar-refractivity contribution in [3.8, 4) is 0 Å². The molecule has 0 aliphatic carbocycles. The van der Waals surface area contributed by atoms with Crippen LogP contribution < -0.4 is 0 Å². The van der Waals surface area contributed by atoms with E-state index >= 15 is 0 Å². The second-order valence-corrected chi connectivity index (χ2v) is 7.03. The summed E-state index contributed by atoms with van der Waals surface area (Å²) in [5.74, 6) is 0.760. The lowest BCUT2D eigenvalue weighted by atomic mass is 9.96. The summed E-state index contributed by atoms with van der Waals surface area (Å²) in [5.41, 5.74) is 1.02. The number of H-pyrrole nitrogens is 1. The molecule has 5 nitrogen and oxygen atoms in total. The van der Waals surface area contributed by atoms with Gasteiger partial charge in [-0.3, -0.25) is 5.10 Å². The van der Waals surface area contributed by atoms with Gasteiger partial charge in [0.05, 0.1) is 5.75 Å². The van der Waals surface area contributed by atoms with E-state index in [9.17, 15) is 8.42 Å². The van der Waals surface area contributed by atoms with Crippen molar-refractivity contribution in [2.24, 2.45) is 0 Å². The molecule has 2 heterocycles. The van der Waals surface area contributed by atoms with Gasteiger partial charge in [0.2, 0.25) is 10.0 Å². The lowest BCUT2D eigenvalue weighted by Gasteiger charge is -2.31. The molecule has 1 aromatic heterocycles. The molecule has 0 spiro atoms. The van der Waals surface area contributed by atoms with Crippen molar-refractivity contribution in [2.75, 3.05) is 24.7 Å². The van der Waals surface area contributed by atoms with Crippen LogP contribution in [0.4, 0.5) is 0 Å². The average Bonchev–Trinajstić information content (AvgIpc) is 2.90. The minimum Gasteiger partial charge on any atom is -0.282 e. The van der Waals surface area contributed by atoms with Gasteiger partial charge in [-0.25, -0.2) is 12.7 Å². The van der Waals surface area contributed by atoms with Crippen LogP contribution >= 0.6 is 11.6 Å². The van der Waals surface area contributed by atoms with E-state index < -0.39 is 10.0 Å². The maximum absolute atomic E-state index is 12.1. The molecule has 0 aromatic carbocycles. The highest BCUT2D eigenvalue weighted by atomic mass is 35.5. The van der Waals surface area contributed by atoms with Crippen molar-refractivity contribution in [3.63, 3.8) is 0 Å². The summed E-state index contributed by atoms with van der Waals surface area (Å²) < 4.78 is 25.8. The minimum atomic E-state index is -3.15. The number of aromatic nitrogens is 2. The van der Waals surface area contributed by atoms with Gasteiger partial charge in [-0.2, -0.15) is 5.10 Å². The summed E-state index contributed by atoms with van der Waals surface area (Å²) in [5, 5.41) is 6.85. The fourth-order valence-electron chi connectivity index (χ4n) is 2.31. The summed E-state index contributed by atoms with van der Waals surface area (Å²) >= 11 is 5.56. The molecule has 1 atom stereocenters. The Bertz CT molecular complexity index is 461.